The maximum atomic E-state index is 6.73. The molecule has 1 aliphatic rings. The predicted molar refractivity (Wildman–Crippen MR) is 202 cm³/mol. The second kappa shape index (κ2) is 15.1. The molecule has 0 radical (unpaired) electrons. The minimum atomic E-state index is -0.204. The molecular weight excluding hydrogens is 653 g/mol. The highest BCUT2D eigenvalue weighted by atomic mass is 35.5. The fourth-order valence-electron chi connectivity index (χ4n) is 6.70. The van der Waals surface area contributed by atoms with E-state index < -0.39 is 0 Å². The minimum absolute atomic E-state index is 0.204. The van der Waals surface area contributed by atoms with Gasteiger partial charge in [-0.25, -0.2) is 0 Å². The van der Waals surface area contributed by atoms with E-state index in [0.717, 1.165) is 35.1 Å². The van der Waals surface area contributed by atoms with E-state index in [1.165, 1.54) is 49.1 Å². The van der Waals surface area contributed by atoms with Gasteiger partial charge in [0.25, 0.3) is 0 Å². The van der Waals surface area contributed by atoms with Crippen LogP contribution in [-0.2, 0) is 5.41 Å². The van der Waals surface area contributed by atoms with E-state index in [2.05, 4.69) is 66.2 Å². The molecular formula is C40H43Cl2N5O2. The summed E-state index contributed by atoms with van der Waals surface area (Å²) < 4.78 is 13.0. The lowest BCUT2D eigenvalue weighted by molar-refractivity contribution is 0.413. The third-order valence-corrected chi connectivity index (χ3v) is 9.88. The lowest BCUT2D eigenvalue weighted by atomic mass is 9.83. The number of methoxy groups -OCH3 is 2. The highest BCUT2D eigenvalue weighted by Crippen LogP contribution is 2.49. The fourth-order valence-corrected chi connectivity index (χ4v) is 7.20. The number of hydrogen-bond donors (Lipinski definition) is 0. The van der Waals surface area contributed by atoms with Crippen LogP contribution in [0.5, 0.6) is 11.5 Å². The van der Waals surface area contributed by atoms with Gasteiger partial charge in [0.15, 0.2) is 11.5 Å². The smallest absolute Gasteiger partial charge is 0.189 e. The summed E-state index contributed by atoms with van der Waals surface area (Å²) in [6, 6.07) is 19.6. The Bertz CT molecular complexity index is 2070. The van der Waals surface area contributed by atoms with E-state index in [4.69, 9.17) is 37.8 Å². The largest absolute Gasteiger partial charge is 0.497 e. The zero-order valence-electron chi connectivity index (χ0n) is 28.8. The van der Waals surface area contributed by atoms with Crippen molar-refractivity contribution in [1.29, 1.82) is 0 Å². The summed E-state index contributed by atoms with van der Waals surface area (Å²) in [7, 11) is 3.37. The number of allylic oxidation sites excluding steroid dienone is 4. The molecule has 0 amide bonds. The quantitative estimate of drug-likeness (QED) is 0.114. The Morgan fingerprint density at radius 2 is 1.59 bits per heavy atom. The number of halogens is 2. The van der Waals surface area contributed by atoms with Crippen LogP contribution in [-0.4, -0.2) is 40.6 Å². The van der Waals surface area contributed by atoms with Gasteiger partial charge in [-0.15, -0.1) is 10.2 Å². The van der Waals surface area contributed by atoms with Gasteiger partial charge in [0.05, 0.1) is 24.8 Å². The van der Waals surface area contributed by atoms with Crippen molar-refractivity contribution >= 4 is 40.6 Å². The summed E-state index contributed by atoms with van der Waals surface area (Å²) in [6.45, 7) is 7.81. The average molecular weight is 697 g/mol. The third-order valence-electron chi connectivity index (χ3n) is 9.33. The topological polar surface area (TPSA) is 64.8 Å². The number of unbranched alkanes of at least 4 members (excludes halogenated alkanes) is 5. The van der Waals surface area contributed by atoms with Crippen LogP contribution in [0, 0.1) is 0 Å². The first kappa shape index (κ1) is 34.5. The standard InChI is InChI=1S/C40H43Cl2N5O2/c1-6-7-8-9-10-15-24-46-34-23-21-28(48-4)26-32(34)40(2,3)36(46)19-14-12-17-31-37(29-22-20-27(41)25-33(29)42)45-47-38(43-44-39(31)47)30-16-11-13-18-35(30)49-5/h11-14,16-23,25-26H,6-10,15,24H2,1-5H3/b14-12+,31-17-,36-19+. The van der Waals surface area contributed by atoms with Gasteiger partial charge in [-0.3, -0.25) is 0 Å². The van der Waals surface area contributed by atoms with Crippen molar-refractivity contribution in [2.45, 2.75) is 64.7 Å². The Kier molecular flexibility index (Phi) is 10.6. The molecule has 0 spiro atoms. The molecule has 5 aromatic rings. The molecule has 0 N–H and O–H groups in total. The van der Waals surface area contributed by atoms with Crippen molar-refractivity contribution in [2.24, 2.45) is 0 Å². The van der Waals surface area contributed by atoms with Crippen LogP contribution in [0.4, 0.5) is 5.69 Å². The maximum Gasteiger partial charge on any atom is 0.189 e. The van der Waals surface area contributed by atoms with E-state index >= 15 is 0 Å². The summed E-state index contributed by atoms with van der Waals surface area (Å²) in [5.74, 6) is 2.14. The molecule has 49 heavy (non-hydrogen) atoms. The number of anilines is 1. The van der Waals surface area contributed by atoms with Crippen LogP contribution < -0.4 is 19.6 Å². The summed E-state index contributed by atoms with van der Waals surface area (Å²) in [5.41, 5.74) is 6.42. The van der Waals surface area contributed by atoms with Crippen molar-refractivity contribution in [3.05, 3.63) is 105 Å². The van der Waals surface area contributed by atoms with Gasteiger partial charge in [-0.2, -0.15) is 9.61 Å². The van der Waals surface area contributed by atoms with Gasteiger partial charge in [0.2, 0.25) is 0 Å². The lowest BCUT2D eigenvalue weighted by Crippen LogP contribution is -2.27. The number of ether oxygens (including phenoxy) is 2. The Morgan fingerprint density at radius 1 is 0.816 bits per heavy atom. The monoisotopic (exact) mass is 695 g/mol. The van der Waals surface area contributed by atoms with E-state index in [1.807, 2.05) is 48.6 Å². The van der Waals surface area contributed by atoms with Crippen LogP contribution in [0.15, 0.2) is 84.6 Å². The second-order valence-corrected chi connectivity index (χ2v) is 13.7. The van der Waals surface area contributed by atoms with Crippen molar-refractivity contribution in [1.82, 2.24) is 19.8 Å². The first-order valence-corrected chi connectivity index (χ1v) is 17.7. The molecule has 0 unspecified atom stereocenters. The Balaban J connectivity index is 1.41. The molecule has 0 bridgehead atoms. The number of hydrogen-bond acceptors (Lipinski definition) is 6. The van der Waals surface area contributed by atoms with E-state index in [9.17, 15) is 0 Å². The summed E-state index contributed by atoms with van der Waals surface area (Å²) in [6.07, 6.45) is 15.9. The molecule has 9 heteroatoms. The Morgan fingerprint density at radius 3 is 2.37 bits per heavy atom. The van der Waals surface area contributed by atoms with Crippen LogP contribution in [0.3, 0.4) is 0 Å². The van der Waals surface area contributed by atoms with Gasteiger partial charge in [-0.1, -0.05) is 100 Å². The molecule has 0 saturated carbocycles. The number of nitrogens with zero attached hydrogens (tertiary/aromatic N) is 5. The normalized spacial score (nSPS) is 15.2. The SMILES string of the molecule is CCCCCCCCN1/C(=C/C=C/C=c2/c(-c3ccc(Cl)cc3Cl)nn3c(-c4ccccc4OC)nnc23)C(C)(C)c2cc(OC)ccc21. The highest BCUT2D eigenvalue weighted by molar-refractivity contribution is 6.36. The summed E-state index contributed by atoms with van der Waals surface area (Å²) >= 11 is 13.0. The van der Waals surface area contributed by atoms with E-state index in [1.54, 1.807) is 24.8 Å². The van der Waals surface area contributed by atoms with Gasteiger partial charge in [0, 0.05) is 39.1 Å². The molecule has 6 rings (SSSR count). The third kappa shape index (κ3) is 6.92. The molecule has 3 heterocycles. The minimum Gasteiger partial charge on any atom is -0.497 e. The van der Waals surface area contributed by atoms with Crippen molar-refractivity contribution in [3.8, 4) is 34.1 Å². The van der Waals surface area contributed by atoms with Crippen molar-refractivity contribution in [3.63, 3.8) is 0 Å². The second-order valence-electron chi connectivity index (χ2n) is 12.9. The van der Waals surface area contributed by atoms with Crippen LogP contribution in [0.25, 0.3) is 34.4 Å². The first-order chi connectivity index (χ1) is 23.8. The van der Waals surface area contributed by atoms with Crippen LogP contribution >= 0.6 is 23.2 Å². The number of aromatic nitrogens is 4. The zero-order chi connectivity index (χ0) is 34.5. The summed E-state index contributed by atoms with van der Waals surface area (Å²) in [5, 5.41) is 16.0. The summed E-state index contributed by atoms with van der Waals surface area (Å²) in [4.78, 5) is 2.48. The van der Waals surface area contributed by atoms with Gasteiger partial charge in [0.1, 0.15) is 17.2 Å². The molecule has 2 aromatic heterocycles. The molecule has 3 aromatic carbocycles. The number of benzene rings is 3. The molecule has 7 nitrogen and oxygen atoms in total. The molecule has 0 aliphatic carbocycles. The zero-order valence-corrected chi connectivity index (χ0v) is 30.4. The Labute approximate surface area is 298 Å². The molecule has 1 aliphatic heterocycles. The first-order valence-electron chi connectivity index (χ1n) is 17.0. The Hall–Kier alpha value is -4.33. The van der Waals surface area contributed by atoms with Crippen LogP contribution in [0.1, 0.15) is 64.9 Å². The maximum absolute atomic E-state index is 6.73. The van der Waals surface area contributed by atoms with E-state index in [0.29, 0.717) is 33.0 Å². The van der Waals surface area contributed by atoms with Crippen LogP contribution in [0.2, 0.25) is 10.0 Å². The van der Waals surface area contributed by atoms with Gasteiger partial charge in [-0.05, 0) is 72.7 Å². The van der Waals surface area contributed by atoms with E-state index in [-0.39, 0.29) is 5.41 Å². The number of para-hydroxylation sites is 1. The average Bonchev–Trinajstić information content (AvgIpc) is 3.73. The van der Waals surface area contributed by atoms with Crippen molar-refractivity contribution in [2.75, 3.05) is 25.7 Å². The molecule has 0 atom stereocenters. The fraction of sp³-hybridized carbons (Fsp3) is 0.325. The van der Waals surface area contributed by atoms with Gasteiger partial charge >= 0.3 is 0 Å². The lowest BCUT2D eigenvalue weighted by Gasteiger charge is -2.27. The van der Waals surface area contributed by atoms with Gasteiger partial charge < -0.3 is 14.4 Å². The highest BCUT2D eigenvalue weighted by Gasteiger charge is 2.39. The predicted octanol–water partition coefficient (Wildman–Crippen LogP) is 9.88. The van der Waals surface area contributed by atoms with Crippen molar-refractivity contribution < 1.29 is 9.47 Å². The number of rotatable bonds is 13. The molecule has 0 fully saturated rings. The molecule has 254 valence electrons. The molecule has 0 saturated heterocycles. The number of fused-ring (bicyclic) bond motifs is 2.